The molecule has 0 radical (unpaired) electrons. The van der Waals surface area contributed by atoms with Crippen LogP contribution in [0.1, 0.15) is 15.9 Å². The van der Waals surface area contributed by atoms with Crippen molar-refractivity contribution in [2.24, 2.45) is 0 Å². The molecule has 0 atom stereocenters. The molecule has 0 bridgehead atoms. The molecule has 2 rings (SSSR count). The summed E-state index contributed by atoms with van der Waals surface area (Å²) in [5.74, 6) is -0.852. The average Bonchev–Trinajstić information content (AvgIpc) is 2.59. The Hall–Kier alpha value is -2.65. The number of nitrogens with zero attached hydrogens (tertiary/aromatic N) is 1. The van der Waals surface area contributed by atoms with Crippen LogP contribution in [0.25, 0.3) is 0 Å². The van der Waals surface area contributed by atoms with Crippen molar-refractivity contribution in [2.45, 2.75) is 6.92 Å². The second-order valence-corrected chi connectivity index (χ2v) is 6.41. The minimum Gasteiger partial charge on any atom is -0.483 e. The van der Waals surface area contributed by atoms with Crippen molar-refractivity contribution in [1.29, 1.82) is 0 Å². The van der Waals surface area contributed by atoms with Gasteiger partial charge in [-0.1, -0.05) is 17.7 Å². The number of benzene rings is 2. The third kappa shape index (κ3) is 5.17. The number of hydrogen-bond donors (Lipinski definition) is 2. The summed E-state index contributed by atoms with van der Waals surface area (Å²) >= 11 is 9.00. The quantitative estimate of drug-likeness (QED) is 0.546. The molecule has 0 saturated heterocycles. The summed E-state index contributed by atoms with van der Waals surface area (Å²) in [6, 6.07) is 8.92. The smallest absolute Gasteiger partial charge is 0.288 e. The fourth-order valence-corrected chi connectivity index (χ4v) is 2.69. The maximum absolute atomic E-state index is 12.0. The van der Waals surface area contributed by atoms with Gasteiger partial charge in [0.05, 0.1) is 9.40 Å². The Labute approximate surface area is 161 Å². The SMILES string of the molecule is Cc1ccc(OCC(=O)NNC(=O)c2ccc(Cl)c([N+](=O)[O-])c2)c(Br)c1. The van der Waals surface area contributed by atoms with E-state index in [2.05, 4.69) is 26.8 Å². The lowest BCUT2D eigenvalue weighted by atomic mass is 10.2. The summed E-state index contributed by atoms with van der Waals surface area (Å²) < 4.78 is 6.04. The van der Waals surface area contributed by atoms with Crippen LogP contribution in [-0.2, 0) is 4.79 Å². The van der Waals surface area contributed by atoms with E-state index in [4.69, 9.17) is 16.3 Å². The molecule has 8 nitrogen and oxygen atoms in total. The first-order chi connectivity index (χ1) is 12.3. The van der Waals surface area contributed by atoms with Gasteiger partial charge in [-0.15, -0.1) is 0 Å². The number of carbonyl (C=O) groups excluding carboxylic acids is 2. The van der Waals surface area contributed by atoms with E-state index in [1.807, 2.05) is 19.1 Å². The Kier molecular flexibility index (Phi) is 6.53. The van der Waals surface area contributed by atoms with E-state index >= 15 is 0 Å². The van der Waals surface area contributed by atoms with Gasteiger partial charge in [0.2, 0.25) is 0 Å². The lowest BCUT2D eigenvalue weighted by Crippen LogP contribution is -2.43. The van der Waals surface area contributed by atoms with E-state index in [1.165, 1.54) is 12.1 Å². The highest BCUT2D eigenvalue weighted by atomic mass is 79.9. The molecule has 0 aliphatic rings. The molecule has 0 aliphatic carbocycles. The summed E-state index contributed by atoms with van der Waals surface area (Å²) in [6.07, 6.45) is 0. The van der Waals surface area contributed by atoms with Gasteiger partial charge in [0, 0.05) is 11.6 Å². The molecular formula is C16H13BrClN3O5. The Morgan fingerprint density at radius 2 is 1.96 bits per heavy atom. The van der Waals surface area contributed by atoms with Crippen LogP contribution in [0, 0.1) is 17.0 Å². The van der Waals surface area contributed by atoms with Crippen LogP contribution in [-0.4, -0.2) is 23.3 Å². The van der Waals surface area contributed by atoms with Crippen LogP contribution < -0.4 is 15.6 Å². The van der Waals surface area contributed by atoms with Crippen molar-refractivity contribution in [3.05, 3.63) is 67.1 Å². The molecule has 0 saturated carbocycles. The fourth-order valence-electron chi connectivity index (χ4n) is 1.89. The lowest BCUT2D eigenvalue weighted by molar-refractivity contribution is -0.384. The number of halogens is 2. The van der Waals surface area contributed by atoms with Crippen molar-refractivity contribution < 1.29 is 19.2 Å². The summed E-state index contributed by atoms with van der Waals surface area (Å²) in [5, 5.41) is 10.7. The number of ether oxygens (including phenoxy) is 1. The van der Waals surface area contributed by atoms with E-state index in [0.717, 1.165) is 11.6 Å². The third-order valence-electron chi connectivity index (χ3n) is 3.17. The highest BCUT2D eigenvalue weighted by Crippen LogP contribution is 2.26. The molecule has 0 aliphatic heterocycles. The standard InChI is InChI=1S/C16H13BrClN3O5/c1-9-2-5-14(11(17)6-9)26-8-15(22)19-20-16(23)10-3-4-12(18)13(7-10)21(24)25/h2-7H,8H2,1H3,(H,19,22)(H,20,23). The predicted octanol–water partition coefficient (Wildman–Crippen LogP) is 3.16. The first-order valence-electron chi connectivity index (χ1n) is 7.20. The molecule has 0 unspecified atom stereocenters. The third-order valence-corrected chi connectivity index (χ3v) is 4.11. The van der Waals surface area contributed by atoms with Gasteiger partial charge in [-0.2, -0.15) is 0 Å². The fraction of sp³-hybridized carbons (Fsp3) is 0.125. The maximum Gasteiger partial charge on any atom is 0.288 e. The summed E-state index contributed by atoms with van der Waals surface area (Å²) in [4.78, 5) is 33.9. The second kappa shape index (κ2) is 8.63. The minimum atomic E-state index is -0.727. The topological polar surface area (TPSA) is 111 Å². The molecule has 2 aromatic rings. The Morgan fingerprint density at radius 3 is 2.62 bits per heavy atom. The molecule has 2 N–H and O–H groups in total. The maximum atomic E-state index is 12.0. The largest absolute Gasteiger partial charge is 0.483 e. The molecular weight excluding hydrogens is 430 g/mol. The highest BCUT2D eigenvalue weighted by Gasteiger charge is 2.16. The summed E-state index contributed by atoms with van der Waals surface area (Å²) in [5.41, 5.74) is 4.91. The Bertz CT molecular complexity index is 875. The number of nitro benzene ring substituents is 1. The molecule has 2 aromatic carbocycles. The van der Waals surface area contributed by atoms with Crippen LogP contribution in [0.4, 0.5) is 5.69 Å². The van der Waals surface area contributed by atoms with Crippen molar-refractivity contribution in [3.8, 4) is 5.75 Å². The summed E-state index contributed by atoms with van der Waals surface area (Å²) in [6.45, 7) is 1.58. The molecule has 0 spiro atoms. The predicted molar refractivity (Wildman–Crippen MR) is 98.1 cm³/mol. The number of carbonyl (C=O) groups is 2. The number of nitro groups is 1. The van der Waals surface area contributed by atoms with Crippen LogP contribution in [0.15, 0.2) is 40.9 Å². The highest BCUT2D eigenvalue weighted by molar-refractivity contribution is 9.10. The van der Waals surface area contributed by atoms with Gasteiger partial charge in [-0.25, -0.2) is 0 Å². The second-order valence-electron chi connectivity index (χ2n) is 5.15. The van der Waals surface area contributed by atoms with E-state index in [-0.39, 0.29) is 17.2 Å². The minimum absolute atomic E-state index is 0.0244. The van der Waals surface area contributed by atoms with E-state index in [0.29, 0.717) is 10.2 Å². The zero-order valence-corrected chi connectivity index (χ0v) is 15.8. The first-order valence-corrected chi connectivity index (χ1v) is 8.37. The van der Waals surface area contributed by atoms with E-state index in [1.54, 1.807) is 6.07 Å². The van der Waals surface area contributed by atoms with Crippen LogP contribution in [0.5, 0.6) is 5.75 Å². The van der Waals surface area contributed by atoms with E-state index in [9.17, 15) is 19.7 Å². The zero-order valence-electron chi connectivity index (χ0n) is 13.4. The van der Waals surface area contributed by atoms with Crippen molar-refractivity contribution in [1.82, 2.24) is 10.9 Å². The molecule has 0 heterocycles. The van der Waals surface area contributed by atoms with Crippen LogP contribution >= 0.6 is 27.5 Å². The summed E-state index contributed by atoms with van der Waals surface area (Å²) in [7, 11) is 0. The normalized spacial score (nSPS) is 10.1. The molecule has 26 heavy (non-hydrogen) atoms. The number of aryl methyl sites for hydroxylation is 1. The van der Waals surface area contributed by atoms with Gasteiger partial charge < -0.3 is 4.74 Å². The van der Waals surface area contributed by atoms with Gasteiger partial charge in [0.15, 0.2) is 6.61 Å². The molecule has 0 aromatic heterocycles. The van der Waals surface area contributed by atoms with Crippen LogP contribution in [0.3, 0.4) is 0 Å². The van der Waals surface area contributed by atoms with Gasteiger partial charge in [-0.3, -0.25) is 30.6 Å². The number of hydrazine groups is 1. The molecule has 136 valence electrons. The Balaban J connectivity index is 1.89. The van der Waals surface area contributed by atoms with Gasteiger partial charge in [-0.05, 0) is 52.7 Å². The number of rotatable bonds is 5. The number of hydrogen-bond acceptors (Lipinski definition) is 5. The number of nitrogens with one attached hydrogen (secondary N) is 2. The van der Waals surface area contributed by atoms with Crippen LogP contribution in [0.2, 0.25) is 5.02 Å². The van der Waals surface area contributed by atoms with Gasteiger partial charge in [0.1, 0.15) is 10.8 Å². The zero-order chi connectivity index (χ0) is 19.3. The molecule has 2 amide bonds. The average molecular weight is 443 g/mol. The van der Waals surface area contributed by atoms with Crippen molar-refractivity contribution in [3.63, 3.8) is 0 Å². The Morgan fingerprint density at radius 1 is 1.23 bits per heavy atom. The van der Waals surface area contributed by atoms with E-state index < -0.39 is 22.4 Å². The van der Waals surface area contributed by atoms with Crippen molar-refractivity contribution in [2.75, 3.05) is 6.61 Å². The lowest BCUT2D eigenvalue weighted by Gasteiger charge is -2.10. The first kappa shape index (κ1) is 19.7. The van der Waals surface area contributed by atoms with Gasteiger partial charge in [0.25, 0.3) is 17.5 Å². The monoisotopic (exact) mass is 441 g/mol. The molecule has 10 heteroatoms. The molecule has 0 fully saturated rings. The van der Waals surface area contributed by atoms with Crippen molar-refractivity contribution >= 4 is 45.0 Å². The van der Waals surface area contributed by atoms with Gasteiger partial charge >= 0.3 is 0 Å². The number of amides is 2.